The number of likely N-dealkylation sites (tertiary alicyclic amines) is 1. The topological polar surface area (TPSA) is 78.4 Å². The van der Waals surface area contributed by atoms with E-state index in [0.717, 1.165) is 25.1 Å². The van der Waals surface area contributed by atoms with Crippen LogP contribution < -0.4 is 5.32 Å². The minimum atomic E-state index is -0.166. The van der Waals surface area contributed by atoms with Crippen LogP contribution in [0.4, 0.5) is 0 Å². The van der Waals surface area contributed by atoms with Gasteiger partial charge in [0, 0.05) is 44.8 Å². The SMILES string of the molecule is CCCN(CCC(=O)NCCCN1CCCCC1C)C(=O)c1cnc(C)cn1. The van der Waals surface area contributed by atoms with Gasteiger partial charge in [0.1, 0.15) is 5.69 Å². The van der Waals surface area contributed by atoms with Crippen LogP contribution in [0.25, 0.3) is 0 Å². The molecule has 7 heteroatoms. The molecule has 0 saturated carbocycles. The summed E-state index contributed by atoms with van der Waals surface area (Å²) in [5, 5.41) is 2.99. The van der Waals surface area contributed by atoms with Crippen LogP contribution in [0.5, 0.6) is 0 Å². The highest BCUT2D eigenvalue weighted by molar-refractivity contribution is 5.92. The van der Waals surface area contributed by atoms with Crippen molar-refractivity contribution >= 4 is 11.8 Å². The van der Waals surface area contributed by atoms with Crippen LogP contribution in [0.1, 0.15) is 68.6 Å². The summed E-state index contributed by atoms with van der Waals surface area (Å²) in [6.45, 7) is 10.0. The molecule has 28 heavy (non-hydrogen) atoms. The van der Waals surface area contributed by atoms with Crippen molar-refractivity contribution in [3.63, 3.8) is 0 Å². The standard InChI is InChI=1S/C21H35N5O2/c1-4-11-26(21(28)19-16-23-17(2)15-24-19)14-9-20(27)22-10-7-13-25-12-6-5-8-18(25)3/h15-16,18H,4-14H2,1-3H3,(H,22,27). The molecule has 1 aromatic heterocycles. The fourth-order valence-corrected chi connectivity index (χ4v) is 3.57. The van der Waals surface area contributed by atoms with E-state index in [1.54, 1.807) is 11.1 Å². The summed E-state index contributed by atoms with van der Waals surface area (Å²) in [6.07, 6.45) is 9.09. The first kappa shape index (κ1) is 22.3. The van der Waals surface area contributed by atoms with Crippen molar-refractivity contribution in [2.24, 2.45) is 0 Å². The van der Waals surface area contributed by atoms with Gasteiger partial charge in [-0.05, 0) is 46.1 Å². The molecule has 2 heterocycles. The fourth-order valence-electron chi connectivity index (χ4n) is 3.57. The normalized spacial score (nSPS) is 17.3. The molecule has 2 rings (SSSR count). The number of aromatic nitrogens is 2. The molecule has 1 aromatic rings. The lowest BCUT2D eigenvalue weighted by Gasteiger charge is -2.33. The number of piperidine rings is 1. The number of carbonyl (C=O) groups excluding carboxylic acids is 2. The van der Waals surface area contributed by atoms with Crippen molar-refractivity contribution in [3.8, 4) is 0 Å². The molecule has 7 nitrogen and oxygen atoms in total. The summed E-state index contributed by atoms with van der Waals surface area (Å²) in [7, 11) is 0. The summed E-state index contributed by atoms with van der Waals surface area (Å²) >= 11 is 0. The molecule has 1 atom stereocenters. The minimum absolute atomic E-state index is 0.00409. The predicted octanol–water partition coefficient (Wildman–Crippen LogP) is 2.41. The molecule has 1 aliphatic rings. The van der Waals surface area contributed by atoms with E-state index in [-0.39, 0.29) is 11.8 Å². The molecule has 1 aliphatic heterocycles. The van der Waals surface area contributed by atoms with Gasteiger partial charge < -0.3 is 15.1 Å². The Morgan fingerprint density at radius 2 is 2.07 bits per heavy atom. The van der Waals surface area contributed by atoms with Crippen molar-refractivity contribution in [1.29, 1.82) is 0 Å². The van der Waals surface area contributed by atoms with Crippen LogP contribution in [0.15, 0.2) is 12.4 Å². The molecule has 1 fully saturated rings. The van der Waals surface area contributed by atoms with E-state index < -0.39 is 0 Å². The predicted molar refractivity (Wildman–Crippen MR) is 110 cm³/mol. The second-order valence-electron chi connectivity index (χ2n) is 7.67. The smallest absolute Gasteiger partial charge is 0.274 e. The lowest BCUT2D eigenvalue weighted by Crippen LogP contribution is -2.39. The molecular weight excluding hydrogens is 354 g/mol. The van der Waals surface area contributed by atoms with Crippen molar-refractivity contribution in [3.05, 3.63) is 23.8 Å². The highest BCUT2D eigenvalue weighted by atomic mass is 16.2. The van der Waals surface area contributed by atoms with Gasteiger partial charge in [-0.2, -0.15) is 0 Å². The van der Waals surface area contributed by atoms with Gasteiger partial charge in [0.25, 0.3) is 5.91 Å². The summed E-state index contributed by atoms with van der Waals surface area (Å²) in [5.41, 5.74) is 1.10. The Morgan fingerprint density at radius 3 is 2.75 bits per heavy atom. The van der Waals surface area contributed by atoms with E-state index in [2.05, 4.69) is 27.1 Å². The van der Waals surface area contributed by atoms with Crippen molar-refractivity contribution < 1.29 is 9.59 Å². The first-order chi connectivity index (χ1) is 13.5. The maximum Gasteiger partial charge on any atom is 0.274 e. The summed E-state index contributed by atoms with van der Waals surface area (Å²) < 4.78 is 0. The zero-order valence-corrected chi connectivity index (χ0v) is 17.6. The van der Waals surface area contributed by atoms with Crippen LogP contribution in [0.2, 0.25) is 0 Å². The van der Waals surface area contributed by atoms with Gasteiger partial charge in [-0.15, -0.1) is 0 Å². The van der Waals surface area contributed by atoms with Crippen LogP contribution in [0, 0.1) is 6.92 Å². The van der Waals surface area contributed by atoms with Gasteiger partial charge in [-0.1, -0.05) is 13.3 Å². The number of aryl methyl sites for hydroxylation is 1. The molecule has 1 saturated heterocycles. The van der Waals surface area contributed by atoms with Gasteiger partial charge in [-0.25, -0.2) is 4.98 Å². The fraction of sp³-hybridized carbons (Fsp3) is 0.714. The molecule has 0 bridgehead atoms. The van der Waals surface area contributed by atoms with Gasteiger partial charge >= 0.3 is 0 Å². The van der Waals surface area contributed by atoms with Gasteiger partial charge in [0.15, 0.2) is 0 Å². The summed E-state index contributed by atoms with van der Waals surface area (Å²) in [5.74, 6) is -0.170. The molecule has 156 valence electrons. The molecular formula is C21H35N5O2. The third-order valence-electron chi connectivity index (χ3n) is 5.27. The molecule has 1 N–H and O–H groups in total. The van der Waals surface area contributed by atoms with E-state index in [4.69, 9.17) is 0 Å². The Labute approximate surface area is 168 Å². The Hall–Kier alpha value is -2.02. The Bertz CT molecular complexity index is 620. The lowest BCUT2D eigenvalue weighted by molar-refractivity contribution is -0.121. The zero-order chi connectivity index (χ0) is 20.4. The highest BCUT2D eigenvalue weighted by Crippen LogP contribution is 2.16. The Morgan fingerprint density at radius 1 is 1.25 bits per heavy atom. The van der Waals surface area contributed by atoms with E-state index >= 15 is 0 Å². The maximum atomic E-state index is 12.6. The second kappa shape index (κ2) is 11.7. The van der Waals surface area contributed by atoms with Crippen molar-refractivity contribution in [1.82, 2.24) is 25.1 Å². The number of hydrogen-bond donors (Lipinski definition) is 1. The van der Waals surface area contributed by atoms with Crippen LogP contribution in [0.3, 0.4) is 0 Å². The second-order valence-corrected chi connectivity index (χ2v) is 7.67. The maximum absolute atomic E-state index is 12.6. The summed E-state index contributed by atoms with van der Waals surface area (Å²) in [6, 6.07) is 0.655. The zero-order valence-electron chi connectivity index (χ0n) is 17.6. The van der Waals surface area contributed by atoms with Crippen LogP contribution in [-0.4, -0.2) is 70.3 Å². The minimum Gasteiger partial charge on any atom is -0.356 e. The molecule has 1 unspecified atom stereocenters. The molecule has 0 spiro atoms. The number of rotatable bonds is 10. The van der Waals surface area contributed by atoms with E-state index in [9.17, 15) is 9.59 Å². The molecule has 2 amide bonds. The average molecular weight is 390 g/mol. The average Bonchev–Trinajstić information content (AvgIpc) is 2.69. The van der Waals surface area contributed by atoms with E-state index in [1.165, 1.54) is 32.0 Å². The highest BCUT2D eigenvalue weighted by Gasteiger charge is 2.19. The van der Waals surface area contributed by atoms with Crippen molar-refractivity contribution in [2.75, 3.05) is 32.7 Å². The third kappa shape index (κ3) is 7.19. The van der Waals surface area contributed by atoms with Gasteiger partial charge in [0.2, 0.25) is 5.91 Å². The van der Waals surface area contributed by atoms with Crippen LogP contribution >= 0.6 is 0 Å². The largest absolute Gasteiger partial charge is 0.356 e. The number of nitrogens with zero attached hydrogens (tertiary/aromatic N) is 4. The molecule has 0 radical (unpaired) electrons. The molecule has 0 aliphatic carbocycles. The van der Waals surface area contributed by atoms with Gasteiger partial charge in [-0.3, -0.25) is 14.6 Å². The number of carbonyl (C=O) groups is 2. The monoisotopic (exact) mass is 389 g/mol. The third-order valence-corrected chi connectivity index (χ3v) is 5.27. The molecule has 0 aromatic carbocycles. The summed E-state index contributed by atoms with van der Waals surface area (Å²) in [4.78, 5) is 37.3. The first-order valence-electron chi connectivity index (χ1n) is 10.6. The number of nitrogens with one attached hydrogen (secondary N) is 1. The van der Waals surface area contributed by atoms with Crippen LogP contribution in [-0.2, 0) is 4.79 Å². The van der Waals surface area contributed by atoms with E-state index in [1.807, 2.05) is 13.8 Å². The Balaban J connectivity index is 1.71. The number of amides is 2. The van der Waals surface area contributed by atoms with E-state index in [0.29, 0.717) is 37.8 Å². The lowest BCUT2D eigenvalue weighted by atomic mass is 10.0. The van der Waals surface area contributed by atoms with Crippen molar-refractivity contribution in [2.45, 2.75) is 65.3 Å². The quantitative estimate of drug-likeness (QED) is 0.622. The first-order valence-corrected chi connectivity index (χ1v) is 10.6. The Kier molecular flexibility index (Phi) is 9.34. The number of hydrogen-bond acceptors (Lipinski definition) is 5. The van der Waals surface area contributed by atoms with Gasteiger partial charge in [0.05, 0.1) is 11.9 Å².